The van der Waals surface area contributed by atoms with Crippen LogP contribution in [0.25, 0.3) is 0 Å². The van der Waals surface area contributed by atoms with Gasteiger partial charge in [0.15, 0.2) is 5.96 Å². The minimum Gasteiger partial charge on any atom is -0.356 e. The highest BCUT2D eigenvalue weighted by Gasteiger charge is 2.08. The van der Waals surface area contributed by atoms with Gasteiger partial charge in [0.2, 0.25) is 0 Å². The highest BCUT2D eigenvalue weighted by molar-refractivity contribution is 14.0. The summed E-state index contributed by atoms with van der Waals surface area (Å²) in [6.45, 7) is 8.50. The fourth-order valence-electron chi connectivity index (χ4n) is 2.86. The quantitative estimate of drug-likeness (QED) is 0.246. The lowest BCUT2D eigenvalue weighted by Gasteiger charge is -2.19. The van der Waals surface area contributed by atoms with Crippen molar-refractivity contribution >= 4 is 29.9 Å². The molecule has 0 fully saturated rings. The van der Waals surface area contributed by atoms with Crippen molar-refractivity contribution in [1.82, 2.24) is 25.4 Å². The zero-order valence-corrected chi connectivity index (χ0v) is 19.2. The number of guanidine groups is 1. The smallest absolute Gasteiger partial charge is 0.191 e. The summed E-state index contributed by atoms with van der Waals surface area (Å²) >= 11 is 0. The summed E-state index contributed by atoms with van der Waals surface area (Å²) in [6.07, 6.45) is 6.77. The Bertz CT molecular complexity index is 652. The predicted octanol–water partition coefficient (Wildman–Crippen LogP) is 3.80. The van der Waals surface area contributed by atoms with Crippen molar-refractivity contribution in [2.75, 3.05) is 13.6 Å². The maximum Gasteiger partial charge on any atom is 0.191 e. The number of aromatic nitrogens is 3. The molecule has 0 saturated carbocycles. The standard InChI is InChI=1S/C20H32N6.HI/c1-16(2)13-18-7-9-19(10-8-18)17(3)25-20(21-4)22-11-5-6-12-26-14-23-24-15-26;/h7-10,14-17H,5-6,11-13H2,1-4H3,(H2,21,22,25);1H. The fraction of sp³-hybridized carbons (Fsp3) is 0.550. The molecule has 7 heteroatoms. The molecule has 0 bridgehead atoms. The van der Waals surface area contributed by atoms with Crippen molar-refractivity contribution in [1.29, 1.82) is 0 Å². The molecule has 2 rings (SSSR count). The molecule has 2 aromatic rings. The number of nitrogens with one attached hydrogen (secondary N) is 2. The summed E-state index contributed by atoms with van der Waals surface area (Å²) in [5.41, 5.74) is 2.67. The molecule has 1 atom stereocenters. The highest BCUT2D eigenvalue weighted by Crippen LogP contribution is 2.15. The minimum absolute atomic E-state index is 0. The third kappa shape index (κ3) is 8.73. The maximum atomic E-state index is 4.33. The highest BCUT2D eigenvalue weighted by atomic mass is 127. The molecule has 0 radical (unpaired) electrons. The summed E-state index contributed by atoms with van der Waals surface area (Å²) in [7, 11) is 1.81. The number of benzene rings is 1. The molecule has 1 aromatic heterocycles. The van der Waals surface area contributed by atoms with Crippen LogP contribution in [0.1, 0.15) is 50.8 Å². The molecular weight excluding hydrogens is 451 g/mol. The Hall–Kier alpha value is -1.64. The Morgan fingerprint density at radius 1 is 1.07 bits per heavy atom. The van der Waals surface area contributed by atoms with Crippen LogP contribution < -0.4 is 10.6 Å². The average Bonchev–Trinajstić information content (AvgIpc) is 3.13. The molecule has 27 heavy (non-hydrogen) atoms. The van der Waals surface area contributed by atoms with Crippen molar-refractivity contribution < 1.29 is 0 Å². The second kappa shape index (κ2) is 12.7. The molecule has 6 nitrogen and oxygen atoms in total. The van der Waals surface area contributed by atoms with E-state index in [1.807, 2.05) is 11.6 Å². The van der Waals surface area contributed by atoms with E-state index < -0.39 is 0 Å². The van der Waals surface area contributed by atoms with Gasteiger partial charge in [0, 0.05) is 20.1 Å². The van der Waals surface area contributed by atoms with Gasteiger partial charge in [-0.1, -0.05) is 38.1 Å². The molecule has 0 aliphatic heterocycles. The number of hydrogen-bond acceptors (Lipinski definition) is 3. The largest absolute Gasteiger partial charge is 0.356 e. The van der Waals surface area contributed by atoms with Crippen molar-refractivity contribution in [2.45, 2.75) is 52.6 Å². The van der Waals surface area contributed by atoms with Crippen LogP contribution in [0.3, 0.4) is 0 Å². The average molecular weight is 484 g/mol. The van der Waals surface area contributed by atoms with Crippen molar-refractivity contribution in [3.8, 4) is 0 Å². The van der Waals surface area contributed by atoms with Gasteiger partial charge in [-0.05, 0) is 43.2 Å². The molecule has 0 aliphatic rings. The molecule has 150 valence electrons. The van der Waals surface area contributed by atoms with Crippen molar-refractivity contribution in [3.63, 3.8) is 0 Å². The minimum atomic E-state index is 0. The molecule has 1 heterocycles. The number of hydrogen-bond donors (Lipinski definition) is 2. The van der Waals surface area contributed by atoms with Crippen molar-refractivity contribution in [3.05, 3.63) is 48.0 Å². The normalized spacial score (nSPS) is 12.6. The van der Waals surface area contributed by atoms with Gasteiger partial charge < -0.3 is 15.2 Å². The maximum absolute atomic E-state index is 4.33. The van der Waals surface area contributed by atoms with Crippen LogP contribution in [-0.2, 0) is 13.0 Å². The van der Waals surface area contributed by atoms with Gasteiger partial charge in [0.05, 0.1) is 6.04 Å². The van der Waals surface area contributed by atoms with Gasteiger partial charge in [0.25, 0.3) is 0 Å². The fourth-order valence-corrected chi connectivity index (χ4v) is 2.86. The number of nitrogens with zero attached hydrogens (tertiary/aromatic N) is 4. The molecule has 0 spiro atoms. The van der Waals surface area contributed by atoms with Gasteiger partial charge in [-0.25, -0.2) is 0 Å². The van der Waals surface area contributed by atoms with E-state index in [4.69, 9.17) is 0 Å². The lowest BCUT2D eigenvalue weighted by Crippen LogP contribution is -2.39. The molecule has 0 aliphatic carbocycles. The number of unbranched alkanes of at least 4 members (excludes halogenated alkanes) is 1. The lowest BCUT2D eigenvalue weighted by atomic mass is 10.00. The van der Waals surface area contributed by atoms with E-state index in [2.05, 4.69) is 70.9 Å². The van der Waals surface area contributed by atoms with Crippen LogP contribution in [0.5, 0.6) is 0 Å². The first-order valence-electron chi connectivity index (χ1n) is 9.47. The van der Waals surface area contributed by atoms with E-state index in [0.29, 0.717) is 5.92 Å². The molecule has 0 saturated heterocycles. The van der Waals surface area contributed by atoms with E-state index in [9.17, 15) is 0 Å². The molecule has 2 N–H and O–H groups in total. The zero-order chi connectivity index (χ0) is 18.8. The lowest BCUT2D eigenvalue weighted by molar-refractivity contribution is 0.593. The molecule has 0 amide bonds. The van der Waals surface area contributed by atoms with Crippen LogP contribution in [0.4, 0.5) is 0 Å². The Morgan fingerprint density at radius 3 is 2.33 bits per heavy atom. The summed E-state index contributed by atoms with van der Waals surface area (Å²) in [4.78, 5) is 4.33. The summed E-state index contributed by atoms with van der Waals surface area (Å²) in [5.74, 6) is 1.53. The third-order valence-corrected chi connectivity index (χ3v) is 4.30. The first kappa shape index (κ1) is 23.4. The first-order valence-corrected chi connectivity index (χ1v) is 9.47. The van der Waals surface area contributed by atoms with E-state index in [-0.39, 0.29) is 30.0 Å². The zero-order valence-electron chi connectivity index (χ0n) is 16.9. The predicted molar refractivity (Wildman–Crippen MR) is 123 cm³/mol. The summed E-state index contributed by atoms with van der Waals surface area (Å²) in [6, 6.07) is 9.10. The molecular formula is C20H33IN6. The van der Waals surface area contributed by atoms with Gasteiger partial charge in [-0.3, -0.25) is 4.99 Å². The number of halogens is 1. The third-order valence-electron chi connectivity index (χ3n) is 4.30. The van der Waals surface area contributed by atoms with E-state index in [1.165, 1.54) is 11.1 Å². The van der Waals surface area contributed by atoms with Gasteiger partial charge in [0.1, 0.15) is 12.7 Å². The van der Waals surface area contributed by atoms with Crippen LogP contribution in [0.2, 0.25) is 0 Å². The summed E-state index contributed by atoms with van der Waals surface area (Å²) in [5, 5.41) is 14.5. The summed E-state index contributed by atoms with van der Waals surface area (Å²) < 4.78 is 2.00. The Labute approximate surface area is 180 Å². The molecule has 1 unspecified atom stereocenters. The number of aryl methyl sites for hydroxylation is 1. The van der Waals surface area contributed by atoms with Crippen molar-refractivity contribution in [2.24, 2.45) is 10.9 Å². The van der Waals surface area contributed by atoms with Crippen LogP contribution in [0.15, 0.2) is 41.9 Å². The van der Waals surface area contributed by atoms with Gasteiger partial charge in [-0.15, -0.1) is 34.2 Å². The second-order valence-electron chi connectivity index (χ2n) is 7.11. The van der Waals surface area contributed by atoms with Crippen LogP contribution >= 0.6 is 24.0 Å². The van der Waals surface area contributed by atoms with Crippen LogP contribution in [0, 0.1) is 5.92 Å². The topological polar surface area (TPSA) is 67.1 Å². The Balaban J connectivity index is 0.00000364. The Morgan fingerprint density at radius 2 is 1.74 bits per heavy atom. The SMILES string of the molecule is CN=C(NCCCCn1cnnc1)NC(C)c1ccc(CC(C)C)cc1.I. The van der Waals surface area contributed by atoms with Gasteiger partial charge >= 0.3 is 0 Å². The van der Waals surface area contributed by atoms with E-state index in [1.54, 1.807) is 12.7 Å². The van der Waals surface area contributed by atoms with Crippen LogP contribution in [-0.4, -0.2) is 34.3 Å². The molecule has 1 aromatic carbocycles. The van der Waals surface area contributed by atoms with Gasteiger partial charge in [-0.2, -0.15) is 0 Å². The van der Waals surface area contributed by atoms with E-state index >= 15 is 0 Å². The number of aliphatic imine (C=N–C) groups is 1. The first-order chi connectivity index (χ1) is 12.6. The monoisotopic (exact) mass is 484 g/mol. The second-order valence-corrected chi connectivity index (χ2v) is 7.11. The number of rotatable bonds is 9. The Kier molecular flexibility index (Phi) is 11.0. The van der Waals surface area contributed by atoms with E-state index in [0.717, 1.165) is 38.3 Å².